The quantitative estimate of drug-likeness (QED) is 0.832. The molecule has 0 radical (unpaired) electrons. The zero-order chi connectivity index (χ0) is 13.8. The molecule has 2 aromatic rings. The van der Waals surface area contributed by atoms with Crippen LogP contribution in [-0.4, -0.2) is 18.0 Å². The summed E-state index contributed by atoms with van der Waals surface area (Å²) in [6.45, 7) is 5.36. The van der Waals surface area contributed by atoms with Gasteiger partial charge in [0.05, 0.1) is 6.54 Å². The summed E-state index contributed by atoms with van der Waals surface area (Å²) in [7, 11) is 0. The lowest BCUT2D eigenvalue weighted by Gasteiger charge is -2.31. The van der Waals surface area contributed by atoms with Gasteiger partial charge >= 0.3 is 0 Å². The second kappa shape index (κ2) is 6.27. The number of furan rings is 1. The molecule has 0 atom stereocenters. The van der Waals surface area contributed by atoms with Crippen molar-refractivity contribution in [3.8, 4) is 0 Å². The number of hydrogen-bond donors (Lipinski definition) is 0. The van der Waals surface area contributed by atoms with Crippen LogP contribution in [-0.2, 0) is 13.0 Å². The van der Waals surface area contributed by atoms with Crippen molar-refractivity contribution in [1.29, 1.82) is 0 Å². The molecule has 2 heterocycles. The monoisotopic (exact) mass is 269 g/mol. The Hall–Kier alpha value is -1.54. The summed E-state index contributed by atoms with van der Waals surface area (Å²) in [6.07, 6.45) is 3.83. The normalized spacial score (nSPS) is 17.4. The number of rotatable bonds is 4. The Bertz CT molecular complexity index is 523. The first-order valence-electron chi connectivity index (χ1n) is 7.61. The number of nitrogens with zero attached hydrogens (tertiary/aromatic N) is 1. The van der Waals surface area contributed by atoms with Gasteiger partial charge in [-0.25, -0.2) is 0 Å². The number of hydrogen-bond acceptors (Lipinski definition) is 2. The van der Waals surface area contributed by atoms with Gasteiger partial charge in [0.2, 0.25) is 0 Å². The molecule has 0 bridgehead atoms. The van der Waals surface area contributed by atoms with Gasteiger partial charge in [-0.2, -0.15) is 0 Å². The third-order valence-corrected chi connectivity index (χ3v) is 4.25. The third kappa shape index (κ3) is 3.51. The van der Waals surface area contributed by atoms with Crippen LogP contribution in [0.2, 0.25) is 0 Å². The summed E-state index contributed by atoms with van der Waals surface area (Å²) < 4.78 is 5.67. The predicted octanol–water partition coefficient (Wildman–Crippen LogP) is 4.04. The molecule has 0 spiro atoms. The molecule has 20 heavy (non-hydrogen) atoms. The van der Waals surface area contributed by atoms with Gasteiger partial charge in [0.25, 0.3) is 0 Å². The van der Waals surface area contributed by atoms with E-state index in [0.717, 1.165) is 24.0 Å². The van der Waals surface area contributed by atoms with E-state index in [1.807, 2.05) is 6.92 Å². The summed E-state index contributed by atoms with van der Waals surface area (Å²) in [5, 5.41) is 0. The third-order valence-electron chi connectivity index (χ3n) is 4.25. The summed E-state index contributed by atoms with van der Waals surface area (Å²) in [4.78, 5) is 2.51. The first-order chi connectivity index (χ1) is 9.79. The van der Waals surface area contributed by atoms with E-state index in [9.17, 15) is 0 Å². The largest absolute Gasteiger partial charge is 0.465 e. The first kappa shape index (κ1) is 13.4. The van der Waals surface area contributed by atoms with E-state index >= 15 is 0 Å². The molecule has 0 unspecified atom stereocenters. The Balaban J connectivity index is 1.47. The van der Waals surface area contributed by atoms with Crippen molar-refractivity contribution in [3.63, 3.8) is 0 Å². The maximum atomic E-state index is 5.67. The lowest BCUT2D eigenvalue weighted by atomic mass is 9.90. The van der Waals surface area contributed by atoms with E-state index in [4.69, 9.17) is 4.42 Å². The maximum absolute atomic E-state index is 5.67. The lowest BCUT2D eigenvalue weighted by molar-refractivity contribution is 0.165. The predicted molar refractivity (Wildman–Crippen MR) is 81.6 cm³/mol. The highest BCUT2D eigenvalue weighted by atomic mass is 16.3. The molecule has 2 nitrogen and oxygen atoms in total. The van der Waals surface area contributed by atoms with Gasteiger partial charge in [0.15, 0.2) is 0 Å². The molecule has 106 valence electrons. The van der Waals surface area contributed by atoms with Crippen molar-refractivity contribution in [3.05, 3.63) is 59.5 Å². The van der Waals surface area contributed by atoms with Gasteiger partial charge in [-0.1, -0.05) is 30.3 Å². The van der Waals surface area contributed by atoms with Crippen molar-refractivity contribution < 1.29 is 4.42 Å². The molecule has 1 aliphatic heterocycles. The molecule has 1 fully saturated rings. The van der Waals surface area contributed by atoms with Gasteiger partial charge in [0.1, 0.15) is 11.5 Å². The van der Waals surface area contributed by atoms with Crippen LogP contribution in [0, 0.1) is 12.8 Å². The highest BCUT2D eigenvalue weighted by Gasteiger charge is 2.20. The van der Waals surface area contributed by atoms with Crippen LogP contribution >= 0.6 is 0 Å². The summed E-state index contributed by atoms with van der Waals surface area (Å²) in [5.41, 5.74) is 1.48. The topological polar surface area (TPSA) is 16.4 Å². The van der Waals surface area contributed by atoms with Crippen LogP contribution in [0.4, 0.5) is 0 Å². The van der Waals surface area contributed by atoms with Crippen LogP contribution in [0.25, 0.3) is 0 Å². The average molecular weight is 269 g/mol. The Labute approximate surface area is 121 Å². The highest BCUT2D eigenvalue weighted by Crippen LogP contribution is 2.23. The molecule has 1 saturated heterocycles. The molecule has 0 saturated carbocycles. The Morgan fingerprint density at radius 3 is 2.45 bits per heavy atom. The second-order valence-electron chi connectivity index (χ2n) is 5.92. The summed E-state index contributed by atoms with van der Waals surface area (Å²) in [6, 6.07) is 15.0. The van der Waals surface area contributed by atoms with Gasteiger partial charge < -0.3 is 4.42 Å². The van der Waals surface area contributed by atoms with Crippen LogP contribution in [0.1, 0.15) is 29.9 Å². The van der Waals surface area contributed by atoms with Crippen LogP contribution < -0.4 is 0 Å². The Morgan fingerprint density at radius 1 is 1.05 bits per heavy atom. The minimum Gasteiger partial charge on any atom is -0.465 e. The zero-order valence-corrected chi connectivity index (χ0v) is 12.2. The number of piperidine rings is 1. The Morgan fingerprint density at radius 2 is 1.80 bits per heavy atom. The fourth-order valence-corrected chi connectivity index (χ4v) is 3.09. The zero-order valence-electron chi connectivity index (χ0n) is 12.2. The molecule has 2 heteroatoms. The molecule has 1 aromatic heterocycles. The smallest absolute Gasteiger partial charge is 0.118 e. The van der Waals surface area contributed by atoms with E-state index in [0.29, 0.717) is 0 Å². The number of aryl methyl sites for hydroxylation is 1. The first-order valence-corrected chi connectivity index (χ1v) is 7.61. The van der Waals surface area contributed by atoms with Crippen LogP contribution in [0.15, 0.2) is 46.9 Å². The van der Waals surface area contributed by atoms with E-state index in [2.05, 4.69) is 47.4 Å². The van der Waals surface area contributed by atoms with Crippen molar-refractivity contribution in [2.24, 2.45) is 5.92 Å². The minimum absolute atomic E-state index is 0.840. The van der Waals surface area contributed by atoms with Crippen molar-refractivity contribution in [1.82, 2.24) is 4.90 Å². The molecule has 1 aliphatic rings. The van der Waals surface area contributed by atoms with Gasteiger partial charge in [-0.3, -0.25) is 4.90 Å². The lowest BCUT2D eigenvalue weighted by Crippen LogP contribution is -2.33. The van der Waals surface area contributed by atoms with Gasteiger partial charge in [-0.15, -0.1) is 0 Å². The minimum atomic E-state index is 0.840. The Kier molecular flexibility index (Phi) is 4.22. The van der Waals surface area contributed by atoms with E-state index in [1.54, 1.807) is 0 Å². The molecular formula is C18H23NO. The molecule has 0 amide bonds. The molecule has 3 rings (SSSR count). The SMILES string of the molecule is Cc1ccc(CN2CCC(Cc3ccccc3)CC2)o1. The fraction of sp³-hybridized carbons (Fsp3) is 0.444. The van der Waals surface area contributed by atoms with Crippen molar-refractivity contribution in [2.75, 3.05) is 13.1 Å². The van der Waals surface area contributed by atoms with Gasteiger partial charge in [-0.05, 0) is 62.9 Å². The van der Waals surface area contributed by atoms with Gasteiger partial charge in [0, 0.05) is 0 Å². The second-order valence-corrected chi connectivity index (χ2v) is 5.92. The average Bonchev–Trinajstić information content (AvgIpc) is 2.88. The highest BCUT2D eigenvalue weighted by molar-refractivity contribution is 5.15. The number of benzene rings is 1. The molecule has 0 N–H and O–H groups in total. The summed E-state index contributed by atoms with van der Waals surface area (Å²) >= 11 is 0. The van der Waals surface area contributed by atoms with Crippen LogP contribution in [0.5, 0.6) is 0 Å². The van der Waals surface area contributed by atoms with Crippen LogP contribution in [0.3, 0.4) is 0 Å². The fourth-order valence-electron chi connectivity index (χ4n) is 3.09. The van der Waals surface area contributed by atoms with Crippen molar-refractivity contribution >= 4 is 0 Å². The maximum Gasteiger partial charge on any atom is 0.118 e. The standard InChI is InChI=1S/C18H23NO/c1-15-7-8-18(20-15)14-19-11-9-17(10-12-19)13-16-5-3-2-4-6-16/h2-8,17H,9-14H2,1H3. The number of likely N-dealkylation sites (tertiary alicyclic amines) is 1. The summed E-state index contributed by atoms with van der Waals surface area (Å²) in [5.74, 6) is 2.95. The molecule has 1 aromatic carbocycles. The van der Waals surface area contributed by atoms with E-state index < -0.39 is 0 Å². The van der Waals surface area contributed by atoms with E-state index in [1.165, 1.54) is 37.9 Å². The van der Waals surface area contributed by atoms with E-state index in [-0.39, 0.29) is 0 Å². The molecule has 0 aliphatic carbocycles. The molecular weight excluding hydrogens is 246 g/mol. The van der Waals surface area contributed by atoms with Crippen molar-refractivity contribution in [2.45, 2.75) is 32.7 Å².